The molecule has 1 aliphatic rings. The summed E-state index contributed by atoms with van der Waals surface area (Å²) in [6.07, 6.45) is 1.45. The third kappa shape index (κ3) is 4.16. The van der Waals surface area contributed by atoms with Crippen molar-refractivity contribution in [3.8, 4) is 5.75 Å². The molecule has 0 saturated carbocycles. The molecular weight excluding hydrogens is 402 g/mol. The van der Waals surface area contributed by atoms with Gasteiger partial charge in [-0.3, -0.25) is 0 Å². The van der Waals surface area contributed by atoms with Crippen molar-refractivity contribution < 1.29 is 22.1 Å². The molecule has 7 heteroatoms. The second-order valence-corrected chi connectivity index (χ2v) is 8.14. The molecule has 3 aromatic carbocycles. The van der Waals surface area contributed by atoms with E-state index in [1.54, 1.807) is 42.5 Å². The van der Waals surface area contributed by atoms with Crippen LogP contribution < -0.4 is 4.18 Å². The van der Waals surface area contributed by atoms with Crippen molar-refractivity contribution in [3.05, 3.63) is 101 Å². The SMILES string of the molecule is Cc1cccc(C2=NC(=Cc3ccccc3OS(=O)(=O)c3ccccc3)C(=O)O2)c1. The van der Waals surface area contributed by atoms with Crippen LogP contribution in [0.1, 0.15) is 16.7 Å². The van der Waals surface area contributed by atoms with Gasteiger partial charge in [0.15, 0.2) is 5.70 Å². The maximum Gasteiger partial charge on any atom is 0.363 e. The molecule has 0 saturated heterocycles. The van der Waals surface area contributed by atoms with Gasteiger partial charge in [-0.15, -0.1) is 0 Å². The Morgan fingerprint density at radius 3 is 2.43 bits per heavy atom. The molecule has 0 radical (unpaired) electrons. The minimum absolute atomic E-state index is 0.0347. The van der Waals surface area contributed by atoms with E-state index >= 15 is 0 Å². The minimum Gasteiger partial charge on any atom is -0.402 e. The van der Waals surface area contributed by atoms with Crippen LogP contribution in [-0.4, -0.2) is 20.3 Å². The van der Waals surface area contributed by atoms with Crippen LogP contribution in [0, 0.1) is 6.92 Å². The molecule has 0 atom stereocenters. The van der Waals surface area contributed by atoms with Crippen LogP contribution in [0.4, 0.5) is 0 Å². The molecule has 0 N–H and O–H groups in total. The van der Waals surface area contributed by atoms with Crippen LogP contribution in [0.25, 0.3) is 6.08 Å². The minimum atomic E-state index is -4.02. The lowest BCUT2D eigenvalue weighted by atomic mass is 10.1. The predicted octanol–water partition coefficient (Wildman–Crippen LogP) is 4.11. The van der Waals surface area contributed by atoms with E-state index in [1.165, 1.54) is 24.3 Å². The Bertz CT molecular complexity index is 1280. The highest BCUT2D eigenvalue weighted by Gasteiger charge is 2.25. The lowest BCUT2D eigenvalue weighted by Gasteiger charge is -2.09. The first kappa shape index (κ1) is 19.6. The maximum absolute atomic E-state index is 12.6. The van der Waals surface area contributed by atoms with Crippen LogP contribution >= 0.6 is 0 Å². The van der Waals surface area contributed by atoms with E-state index in [9.17, 15) is 13.2 Å². The fraction of sp³-hybridized carbons (Fsp3) is 0.0435. The van der Waals surface area contributed by atoms with Crippen molar-refractivity contribution in [2.45, 2.75) is 11.8 Å². The number of hydrogen-bond donors (Lipinski definition) is 0. The van der Waals surface area contributed by atoms with Gasteiger partial charge in [0, 0.05) is 11.1 Å². The highest BCUT2D eigenvalue weighted by atomic mass is 32.2. The number of cyclic esters (lactones) is 1. The van der Waals surface area contributed by atoms with Crippen LogP contribution in [0.2, 0.25) is 0 Å². The van der Waals surface area contributed by atoms with Crippen LogP contribution in [0.15, 0.2) is 94.4 Å². The molecule has 4 rings (SSSR count). The largest absolute Gasteiger partial charge is 0.402 e. The van der Waals surface area contributed by atoms with Crippen molar-refractivity contribution >= 4 is 28.1 Å². The molecule has 0 aromatic heterocycles. The third-order valence-corrected chi connectivity index (χ3v) is 5.58. The standard InChI is InChI=1S/C23H17NO5S/c1-16-8-7-10-18(14-16)22-24-20(23(25)28-22)15-17-9-5-6-13-21(17)29-30(26,27)19-11-3-2-4-12-19/h2-15H,1H3. The number of carbonyl (C=O) groups excluding carboxylic acids is 1. The van der Waals surface area contributed by atoms with Gasteiger partial charge in [-0.2, -0.15) is 8.42 Å². The Morgan fingerprint density at radius 2 is 1.67 bits per heavy atom. The number of aryl methyl sites for hydroxylation is 1. The van der Waals surface area contributed by atoms with E-state index in [2.05, 4.69) is 4.99 Å². The van der Waals surface area contributed by atoms with Crippen molar-refractivity contribution in [1.29, 1.82) is 0 Å². The maximum atomic E-state index is 12.6. The molecule has 0 spiro atoms. The smallest absolute Gasteiger partial charge is 0.363 e. The number of aliphatic imine (C=N–C) groups is 1. The number of esters is 1. The number of para-hydroxylation sites is 1. The van der Waals surface area contributed by atoms with Crippen molar-refractivity contribution in [2.24, 2.45) is 4.99 Å². The lowest BCUT2D eigenvalue weighted by Crippen LogP contribution is -2.10. The molecule has 30 heavy (non-hydrogen) atoms. The van der Waals surface area contributed by atoms with E-state index in [-0.39, 0.29) is 22.2 Å². The van der Waals surface area contributed by atoms with Gasteiger partial charge in [-0.05, 0) is 43.3 Å². The number of carbonyl (C=O) groups is 1. The summed E-state index contributed by atoms with van der Waals surface area (Å²) < 4.78 is 35.7. The number of rotatable bonds is 5. The zero-order valence-electron chi connectivity index (χ0n) is 16.0. The van der Waals surface area contributed by atoms with Gasteiger partial charge >= 0.3 is 16.1 Å². The first-order chi connectivity index (χ1) is 14.4. The number of nitrogens with zero attached hydrogens (tertiary/aromatic N) is 1. The first-order valence-electron chi connectivity index (χ1n) is 9.10. The van der Waals surface area contributed by atoms with Gasteiger partial charge in [0.25, 0.3) is 0 Å². The molecule has 150 valence electrons. The van der Waals surface area contributed by atoms with Gasteiger partial charge in [0.2, 0.25) is 5.90 Å². The Labute approximate surface area is 174 Å². The van der Waals surface area contributed by atoms with Crippen molar-refractivity contribution in [3.63, 3.8) is 0 Å². The molecule has 0 fully saturated rings. The highest BCUT2D eigenvalue weighted by Crippen LogP contribution is 2.27. The van der Waals surface area contributed by atoms with E-state index in [0.717, 1.165) is 5.56 Å². The summed E-state index contributed by atoms with van der Waals surface area (Å²) in [5, 5.41) is 0. The fourth-order valence-corrected chi connectivity index (χ4v) is 3.86. The number of benzene rings is 3. The van der Waals surface area contributed by atoms with Gasteiger partial charge < -0.3 is 8.92 Å². The average Bonchev–Trinajstić information content (AvgIpc) is 3.10. The monoisotopic (exact) mass is 419 g/mol. The molecule has 1 aliphatic heterocycles. The third-order valence-electron chi connectivity index (χ3n) is 4.33. The Morgan fingerprint density at radius 1 is 0.933 bits per heavy atom. The summed E-state index contributed by atoms with van der Waals surface area (Å²) in [6, 6.07) is 21.8. The molecule has 1 heterocycles. The molecule has 6 nitrogen and oxygen atoms in total. The Hall–Kier alpha value is -3.71. The predicted molar refractivity (Wildman–Crippen MR) is 112 cm³/mol. The quantitative estimate of drug-likeness (QED) is 0.353. The van der Waals surface area contributed by atoms with Crippen LogP contribution in [0.3, 0.4) is 0 Å². The summed E-state index contributed by atoms with van der Waals surface area (Å²) in [4.78, 5) is 16.6. The van der Waals surface area contributed by atoms with Gasteiger partial charge in [0.1, 0.15) is 10.6 Å². The molecule has 0 aliphatic carbocycles. The normalized spacial score (nSPS) is 15.0. The average molecular weight is 419 g/mol. The molecule has 0 unspecified atom stereocenters. The van der Waals surface area contributed by atoms with Crippen LogP contribution in [-0.2, 0) is 19.6 Å². The molecule has 3 aromatic rings. The van der Waals surface area contributed by atoms with Gasteiger partial charge in [-0.1, -0.05) is 54.1 Å². The second kappa shape index (κ2) is 7.96. The Kier molecular flexibility index (Phi) is 5.20. The summed E-state index contributed by atoms with van der Waals surface area (Å²) >= 11 is 0. The highest BCUT2D eigenvalue weighted by molar-refractivity contribution is 7.87. The Balaban J connectivity index is 1.67. The summed E-state index contributed by atoms with van der Waals surface area (Å²) in [5.41, 5.74) is 2.13. The molecule has 0 bridgehead atoms. The molecular formula is C23H17NO5S. The zero-order valence-corrected chi connectivity index (χ0v) is 16.8. The number of hydrogen-bond acceptors (Lipinski definition) is 6. The van der Waals surface area contributed by atoms with Crippen molar-refractivity contribution in [1.82, 2.24) is 0 Å². The van der Waals surface area contributed by atoms with E-state index in [4.69, 9.17) is 8.92 Å². The van der Waals surface area contributed by atoms with E-state index < -0.39 is 16.1 Å². The first-order valence-corrected chi connectivity index (χ1v) is 10.5. The lowest BCUT2D eigenvalue weighted by molar-refractivity contribution is -0.129. The molecule has 0 amide bonds. The van der Waals surface area contributed by atoms with Gasteiger partial charge in [0.05, 0.1) is 0 Å². The van der Waals surface area contributed by atoms with Crippen molar-refractivity contribution in [2.75, 3.05) is 0 Å². The summed E-state index contributed by atoms with van der Waals surface area (Å²) in [6.45, 7) is 1.93. The summed E-state index contributed by atoms with van der Waals surface area (Å²) in [7, 11) is -4.02. The zero-order chi connectivity index (χ0) is 21.1. The summed E-state index contributed by atoms with van der Waals surface area (Å²) in [5.74, 6) is -0.335. The second-order valence-electron chi connectivity index (χ2n) is 6.59. The van der Waals surface area contributed by atoms with Gasteiger partial charge in [-0.25, -0.2) is 9.79 Å². The topological polar surface area (TPSA) is 82.0 Å². The van der Waals surface area contributed by atoms with Crippen LogP contribution in [0.5, 0.6) is 5.75 Å². The fourth-order valence-electron chi connectivity index (χ4n) is 2.89. The number of ether oxygens (including phenoxy) is 1. The van der Waals surface area contributed by atoms with E-state index in [1.807, 2.05) is 25.1 Å². The van der Waals surface area contributed by atoms with E-state index in [0.29, 0.717) is 11.1 Å².